The summed E-state index contributed by atoms with van der Waals surface area (Å²) in [6.45, 7) is 19.1. The molecule has 0 aromatic rings. The molecular formula is C20H38N+. The first-order chi connectivity index (χ1) is 9.55. The van der Waals surface area contributed by atoms with E-state index in [1.165, 1.54) is 19.3 Å². The molecule has 0 spiro atoms. The lowest BCUT2D eigenvalue weighted by atomic mass is 9.60. The van der Waals surface area contributed by atoms with Crippen molar-refractivity contribution in [2.75, 3.05) is 7.05 Å². The molecule has 0 amide bonds. The van der Waals surface area contributed by atoms with Crippen LogP contribution in [0, 0.1) is 22.7 Å². The van der Waals surface area contributed by atoms with E-state index in [1.54, 1.807) is 0 Å². The minimum Gasteiger partial charge on any atom is -0.232 e. The maximum Gasteiger partial charge on any atom is 0.183 e. The summed E-state index contributed by atoms with van der Waals surface area (Å²) in [6, 6.07) is 0. The fourth-order valence-corrected chi connectivity index (χ4v) is 3.62. The Hall–Kier alpha value is -0.590. The third-order valence-electron chi connectivity index (χ3n) is 6.95. The Morgan fingerprint density at radius 1 is 1.19 bits per heavy atom. The summed E-state index contributed by atoms with van der Waals surface area (Å²) in [5.74, 6) is 1.29. The number of likely N-dealkylation sites (N-methyl/N-ethyl adjacent to an activating group) is 1. The average molecular weight is 293 g/mol. The number of hydrogen-bond donors (Lipinski definition) is 0. The predicted octanol–water partition coefficient (Wildman–Crippen LogP) is 5.54. The van der Waals surface area contributed by atoms with Crippen molar-refractivity contribution in [3.05, 3.63) is 12.2 Å². The van der Waals surface area contributed by atoms with Gasteiger partial charge >= 0.3 is 0 Å². The van der Waals surface area contributed by atoms with Crippen molar-refractivity contribution in [2.45, 2.75) is 80.2 Å². The molecule has 3 atom stereocenters. The molecule has 1 rings (SSSR count). The fourth-order valence-electron chi connectivity index (χ4n) is 3.62. The normalized spacial score (nSPS) is 27.4. The van der Waals surface area contributed by atoms with Gasteiger partial charge in [-0.05, 0) is 30.3 Å². The van der Waals surface area contributed by atoms with Gasteiger partial charge in [0.15, 0.2) is 5.54 Å². The molecule has 0 fully saturated rings. The highest BCUT2D eigenvalue weighted by Crippen LogP contribution is 2.46. The van der Waals surface area contributed by atoms with Crippen LogP contribution in [0.3, 0.4) is 0 Å². The summed E-state index contributed by atoms with van der Waals surface area (Å²) in [6.07, 6.45) is 10.9. The van der Waals surface area contributed by atoms with Gasteiger partial charge in [0.2, 0.25) is 0 Å². The van der Waals surface area contributed by atoms with Crippen molar-refractivity contribution in [3.63, 3.8) is 0 Å². The molecular weight excluding hydrogens is 254 g/mol. The second-order valence-electron chi connectivity index (χ2n) is 8.39. The zero-order valence-corrected chi connectivity index (χ0v) is 16.0. The van der Waals surface area contributed by atoms with Crippen LogP contribution >= 0.6 is 0 Å². The van der Waals surface area contributed by atoms with Crippen LogP contribution in [-0.4, -0.2) is 23.4 Å². The highest BCUT2D eigenvalue weighted by atomic mass is 15.1. The van der Waals surface area contributed by atoms with Gasteiger partial charge in [-0.2, -0.15) is 0 Å². The highest BCUT2D eigenvalue weighted by Gasteiger charge is 2.46. The molecule has 21 heavy (non-hydrogen) atoms. The number of nitrogens with zero attached hydrogens (tertiary/aromatic N) is 1. The molecule has 2 unspecified atom stereocenters. The molecule has 0 saturated carbocycles. The van der Waals surface area contributed by atoms with Crippen LogP contribution in [0.25, 0.3) is 0 Å². The Morgan fingerprint density at radius 2 is 1.71 bits per heavy atom. The summed E-state index contributed by atoms with van der Waals surface area (Å²) in [5.41, 5.74) is 0.858. The first-order valence-corrected chi connectivity index (χ1v) is 8.82. The number of hydrogen-bond acceptors (Lipinski definition) is 0. The second-order valence-corrected chi connectivity index (χ2v) is 8.39. The highest BCUT2D eigenvalue weighted by molar-refractivity contribution is 5.62. The van der Waals surface area contributed by atoms with Crippen LogP contribution in [0.4, 0.5) is 0 Å². The smallest absolute Gasteiger partial charge is 0.183 e. The van der Waals surface area contributed by atoms with Crippen molar-refractivity contribution < 1.29 is 4.58 Å². The number of rotatable bonds is 7. The molecule has 122 valence electrons. The molecule has 0 aliphatic heterocycles. The van der Waals surface area contributed by atoms with Gasteiger partial charge in [-0.3, -0.25) is 0 Å². The molecule has 0 aromatic carbocycles. The first kappa shape index (κ1) is 18.5. The van der Waals surface area contributed by atoms with Gasteiger partial charge in [-0.25, -0.2) is 4.58 Å². The van der Waals surface area contributed by atoms with Gasteiger partial charge in [-0.15, -0.1) is 0 Å². The molecule has 0 aromatic heterocycles. The van der Waals surface area contributed by atoms with E-state index in [0.29, 0.717) is 17.3 Å². The third kappa shape index (κ3) is 3.27. The Kier molecular flexibility index (Phi) is 5.51. The van der Waals surface area contributed by atoms with Crippen LogP contribution in [0.5, 0.6) is 0 Å². The quantitative estimate of drug-likeness (QED) is 0.329. The standard InChI is InChI=1S/C20H38N/c1-10-18(6,7)17(5)19(8,16(3)4)15-21(9)20(11-2)13-12-14-20/h12-13,15-17H,10-11,14H2,1-9H3/q+1/t17-,19?,20?/m1/s1. The SMILES string of the molecule is CCC(C)(C)[C@@H](C)C(C)(C=[N+](C)C1(CC)C=CC1)C(C)C. The van der Waals surface area contributed by atoms with Crippen LogP contribution < -0.4 is 0 Å². The zero-order chi connectivity index (χ0) is 16.5. The van der Waals surface area contributed by atoms with E-state index < -0.39 is 0 Å². The van der Waals surface area contributed by atoms with E-state index in [1.807, 2.05) is 0 Å². The van der Waals surface area contributed by atoms with Crippen molar-refractivity contribution >= 4 is 6.21 Å². The molecule has 0 radical (unpaired) electrons. The lowest BCUT2D eigenvalue weighted by Crippen LogP contribution is -2.48. The Morgan fingerprint density at radius 3 is 2.00 bits per heavy atom. The predicted molar refractivity (Wildman–Crippen MR) is 95.2 cm³/mol. The topological polar surface area (TPSA) is 3.01 Å². The molecule has 1 nitrogen and oxygen atoms in total. The van der Waals surface area contributed by atoms with Gasteiger partial charge in [0.05, 0.1) is 0 Å². The summed E-state index contributed by atoms with van der Waals surface area (Å²) < 4.78 is 2.51. The minimum atomic E-state index is 0.222. The van der Waals surface area contributed by atoms with E-state index in [2.05, 4.69) is 85.4 Å². The first-order valence-electron chi connectivity index (χ1n) is 8.82. The molecule has 0 saturated heterocycles. The van der Waals surface area contributed by atoms with E-state index in [9.17, 15) is 0 Å². The molecule has 1 aliphatic carbocycles. The summed E-state index contributed by atoms with van der Waals surface area (Å²) in [7, 11) is 2.28. The molecule has 1 heteroatoms. The van der Waals surface area contributed by atoms with Gasteiger partial charge in [0.1, 0.15) is 13.3 Å². The Bertz CT molecular complexity index is 416. The average Bonchev–Trinajstić information content (AvgIpc) is 2.36. The third-order valence-corrected chi connectivity index (χ3v) is 6.95. The van der Waals surface area contributed by atoms with Crippen LogP contribution in [-0.2, 0) is 0 Å². The molecule has 1 aliphatic rings. The molecule has 0 bridgehead atoms. The van der Waals surface area contributed by atoms with E-state index in [0.717, 1.165) is 0 Å². The summed E-state index contributed by atoms with van der Waals surface area (Å²) in [5, 5.41) is 0. The van der Waals surface area contributed by atoms with Crippen LogP contribution in [0.1, 0.15) is 74.7 Å². The Balaban J connectivity index is 3.20. The van der Waals surface area contributed by atoms with Crippen molar-refractivity contribution in [3.8, 4) is 0 Å². The van der Waals surface area contributed by atoms with Gasteiger partial charge in [0.25, 0.3) is 0 Å². The lowest BCUT2D eigenvalue weighted by Gasteiger charge is -2.44. The maximum atomic E-state index is 2.55. The van der Waals surface area contributed by atoms with Gasteiger partial charge in [0, 0.05) is 18.3 Å². The van der Waals surface area contributed by atoms with Gasteiger partial charge in [-0.1, -0.05) is 61.0 Å². The second kappa shape index (κ2) is 6.26. The minimum absolute atomic E-state index is 0.222. The fraction of sp³-hybridized carbons (Fsp3) is 0.850. The lowest BCUT2D eigenvalue weighted by molar-refractivity contribution is -0.573. The van der Waals surface area contributed by atoms with E-state index in [4.69, 9.17) is 0 Å². The summed E-state index contributed by atoms with van der Waals surface area (Å²) in [4.78, 5) is 0. The van der Waals surface area contributed by atoms with Crippen molar-refractivity contribution in [1.82, 2.24) is 0 Å². The monoisotopic (exact) mass is 292 g/mol. The van der Waals surface area contributed by atoms with Crippen LogP contribution in [0.2, 0.25) is 0 Å². The Labute approximate surface area is 133 Å². The summed E-state index contributed by atoms with van der Waals surface area (Å²) >= 11 is 0. The zero-order valence-electron chi connectivity index (χ0n) is 16.0. The largest absolute Gasteiger partial charge is 0.232 e. The van der Waals surface area contributed by atoms with E-state index >= 15 is 0 Å². The maximum absolute atomic E-state index is 2.55. The van der Waals surface area contributed by atoms with Crippen molar-refractivity contribution in [2.24, 2.45) is 22.7 Å². The van der Waals surface area contributed by atoms with Crippen molar-refractivity contribution in [1.29, 1.82) is 0 Å². The van der Waals surface area contributed by atoms with E-state index in [-0.39, 0.29) is 11.0 Å². The van der Waals surface area contributed by atoms with Gasteiger partial charge < -0.3 is 0 Å². The molecule has 0 heterocycles. The molecule has 0 N–H and O–H groups in total. The van der Waals surface area contributed by atoms with Crippen LogP contribution in [0.15, 0.2) is 12.2 Å².